The molecule has 0 radical (unpaired) electrons. The van der Waals surface area contributed by atoms with E-state index in [1.54, 1.807) is 18.4 Å². The molecule has 0 unspecified atom stereocenters. The molecule has 0 atom stereocenters. The van der Waals surface area contributed by atoms with E-state index in [1.807, 2.05) is 29.9 Å². The molecule has 2 N–H and O–H groups in total. The van der Waals surface area contributed by atoms with Crippen molar-refractivity contribution in [3.8, 4) is 10.6 Å². The highest BCUT2D eigenvalue weighted by atomic mass is 32.1. The van der Waals surface area contributed by atoms with Crippen LogP contribution in [0, 0.1) is 0 Å². The molecule has 3 heterocycles. The minimum atomic E-state index is 0.650. The molecule has 0 bridgehead atoms. The molecule has 3 aromatic heterocycles. The maximum Gasteiger partial charge on any atom is 0.140 e. The number of pyridine rings is 1. The summed E-state index contributed by atoms with van der Waals surface area (Å²) in [6, 6.07) is 4.06. The fourth-order valence-electron chi connectivity index (χ4n) is 1.94. The zero-order chi connectivity index (χ0) is 13.1. The number of rotatable bonds is 5. The van der Waals surface area contributed by atoms with Crippen molar-refractivity contribution in [3.63, 3.8) is 0 Å². The monoisotopic (exact) mass is 274 g/mol. The smallest absolute Gasteiger partial charge is 0.140 e. The number of fused-ring (bicyclic) bond motifs is 1. The van der Waals surface area contributed by atoms with Gasteiger partial charge in [0.2, 0.25) is 0 Å². The van der Waals surface area contributed by atoms with E-state index in [0.717, 1.165) is 34.0 Å². The van der Waals surface area contributed by atoms with Crippen LogP contribution in [0.25, 0.3) is 21.6 Å². The van der Waals surface area contributed by atoms with Crippen molar-refractivity contribution < 1.29 is 4.74 Å². The standard InChI is InChI=1S/C13H14N4OS/c1-18-6-4-14-11-8-10(13-16-5-7-19-13)9-2-3-15-12(9)17-11/h2-3,5,7-8H,4,6H2,1H3,(H2,14,15,17). The first-order valence-electron chi connectivity index (χ1n) is 5.99. The van der Waals surface area contributed by atoms with Gasteiger partial charge in [-0.25, -0.2) is 9.97 Å². The number of thiazole rings is 1. The molecule has 0 fully saturated rings. The van der Waals surface area contributed by atoms with Gasteiger partial charge >= 0.3 is 0 Å². The number of methoxy groups -OCH3 is 1. The third kappa shape index (κ3) is 2.45. The van der Waals surface area contributed by atoms with Crippen molar-refractivity contribution in [2.45, 2.75) is 0 Å². The lowest BCUT2D eigenvalue weighted by Crippen LogP contribution is -2.08. The molecule has 0 amide bonds. The Morgan fingerprint density at radius 2 is 2.42 bits per heavy atom. The van der Waals surface area contributed by atoms with Crippen LogP contribution in [0.15, 0.2) is 29.9 Å². The summed E-state index contributed by atoms with van der Waals surface area (Å²) in [4.78, 5) is 12.1. The molecule has 0 aromatic carbocycles. The van der Waals surface area contributed by atoms with Gasteiger partial charge in [-0.2, -0.15) is 0 Å². The van der Waals surface area contributed by atoms with Gasteiger partial charge in [0.25, 0.3) is 0 Å². The van der Waals surface area contributed by atoms with Crippen LogP contribution in [0.4, 0.5) is 5.82 Å². The summed E-state index contributed by atoms with van der Waals surface area (Å²) < 4.78 is 5.03. The van der Waals surface area contributed by atoms with Gasteiger partial charge in [0.15, 0.2) is 0 Å². The molecule has 3 aromatic rings. The summed E-state index contributed by atoms with van der Waals surface area (Å²) in [5.74, 6) is 0.831. The lowest BCUT2D eigenvalue weighted by atomic mass is 10.2. The topological polar surface area (TPSA) is 62.8 Å². The second kappa shape index (κ2) is 5.38. The van der Waals surface area contributed by atoms with Gasteiger partial charge in [-0.05, 0) is 12.1 Å². The molecule has 0 aliphatic rings. The van der Waals surface area contributed by atoms with Crippen LogP contribution in [-0.2, 0) is 4.74 Å². The zero-order valence-corrected chi connectivity index (χ0v) is 11.3. The van der Waals surface area contributed by atoms with Gasteiger partial charge in [-0.1, -0.05) is 0 Å². The molecule has 19 heavy (non-hydrogen) atoms. The third-order valence-corrected chi connectivity index (χ3v) is 3.61. The second-order valence-electron chi connectivity index (χ2n) is 4.05. The Morgan fingerprint density at radius 1 is 1.47 bits per heavy atom. The molecular formula is C13H14N4OS. The van der Waals surface area contributed by atoms with Crippen molar-refractivity contribution >= 4 is 28.2 Å². The molecule has 6 heteroatoms. The highest BCUT2D eigenvalue weighted by molar-refractivity contribution is 7.13. The van der Waals surface area contributed by atoms with Crippen molar-refractivity contribution in [1.29, 1.82) is 0 Å². The van der Waals surface area contributed by atoms with E-state index < -0.39 is 0 Å². The fraction of sp³-hybridized carbons (Fsp3) is 0.231. The summed E-state index contributed by atoms with van der Waals surface area (Å²) in [5, 5.41) is 7.32. The van der Waals surface area contributed by atoms with E-state index in [-0.39, 0.29) is 0 Å². The Bertz CT molecular complexity index is 662. The van der Waals surface area contributed by atoms with E-state index in [2.05, 4.69) is 20.3 Å². The highest BCUT2D eigenvalue weighted by Gasteiger charge is 2.10. The van der Waals surface area contributed by atoms with Crippen molar-refractivity contribution in [2.24, 2.45) is 0 Å². The van der Waals surface area contributed by atoms with Gasteiger partial charge in [-0.3, -0.25) is 0 Å². The zero-order valence-electron chi connectivity index (χ0n) is 10.5. The lowest BCUT2D eigenvalue weighted by molar-refractivity contribution is 0.210. The number of hydrogen-bond acceptors (Lipinski definition) is 5. The van der Waals surface area contributed by atoms with E-state index in [9.17, 15) is 0 Å². The van der Waals surface area contributed by atoms with Crippen LogP contribution >= 0.6 is 11.3 Å². The van der Waals surface area contributed by atoms with Crippen LogP contribution in [0.5, 0.6) is 0 Å². The van der Waals surface area contributed by atoms with Crippen LogP contribution in [0.1, 0.15) is 0 Å². The number of ether oxygens (including phenoxy) is 1. The van der Waals surface area contributed by atoms with Crippen LogP contribution in [0.2, 0.25) is 0 Å². The van der Waals surface area contributed by atoms with Crippen LogP contribution in [0.3, 0.4) is 0 Å². The van der Waals surface area contributed by atoms with Crippen molar-refractivity contribution in [1.82, 2.24) is 15.0 Å². The maximum absolute atomic E-state index is 5.03. The van der Waals surface area contributed by atoms with Gasteiger partial charge in [0.1, 0.15) is 16.5 Å². The Kier molecular flexibility index (Phi) is 3.43. The second-order valence-corrected chi connectivity index (χ2v) is 4.95. The molecule has 98 valence electrons. The highest BCUT2D eigenvalue weighted by Crippen LogP contribution is 2.30. The van der Waals surface area contributed by atoms with E-state index >= 15 is 0 Å². The number of nitrogens with one attached hydrogen (secondary N) is 2. The summed E-state index contributed by atoms with van der Waals surface area (Å²) in [5.41, 5.74) is 1.97. The minimum Gasteiger partial charge on any atom is -0.383 e. The number of hydrogen-bond donors (Lipinski definition) is 2. The Labute approximate surface area is 114 Å². The minimum absolute atomic E-state index is 0.650. The van der Waals surface area contributed by atoms with E-state index in [0.29, 0.717) is 6.61 Å². The maximum atomic E-state index is 5.03. The van der Waals surface area contributed by atoms with Gasteiger partial charge in [0.05, 0.1) is 6.61 Å². The summed E-state index contributed by atoms with van der Waals surface area (Å²) in [7, 11) is 1.68. The predicted octanol–water partition coefficient (Wildman–Crippen LogP) is 2.74. The number of aromatic amines is 1. The number of H-pyrrole nitrogens is 1. The first-order valence-corrected chi connectivity index (χ1v) is 6.87. The molecule has 3 rings (SSSR count). The summed E-state index contributed by atoms with van der Waals surface area (Å²) in [6.07, 6.45) is 3.71. The Morgan fingerprint density at radius 3 is 3.21 bits per heavy atom. The van der Waals surface area contributed by atoms with Crippen molar-refractivity contribution in [3.05, 3.63) is 29.9 Å². The molecule has 0 spiro atoms. The Hall–Kier alpha value is -1.92. The molecule has 5 nitrogen and oxygen atoms in total. The first-order chi connectivity index (χ1) is 9.38. The summed E-state index contributed by atoms with van der Waals surface area (Å²) in [6.45, 7) is 1.38. The molecule has 0 saturated heterocycles. The quantitative estimate of drug-likeness (QED) is 0.702. The van der Waals surface area contributed by atoms with Gasteiger partial charge in [0, 0.05) is 42.4 Å². The van der Waals surface area contributed by atoms with E-state index in [4.69, 9.17) is 4.74 Å². The van der Waals surface area contributed by atoms with Crippen LogP contribution in [-0.4, -0.2) is 35.2 Å². The van der Waals surface area contributed by atoms with E-state index in [1.165, 1.54) is 0 Å². The molecule has 0 aliphatic carbocycles. The summed E-state index contributed by atoms with van der Waals surface area (Å²) >= 11 is 1.63. The first kappa shape index (κ1) is 12.1. The SMILES string of the molecule is COCCNc1cc(-c2nccs2)c2cc[nH]c2n1. The fourth-order valence-corrected chi connectivity index (χ4v) is 2.61. The average molecular weight is 274 g/mol. The Balaban J connectivity index is 2.01. The molecule has 0 saturated carbocycles. The average Bonchev–Trinajstić information content (AvgIpc) is 3.09. The normalized spacial score (nSPS) is 11.0. The molecular weight excluding hydrogens is 260 g/mol. The van der Waals surface area contributed by atoms with Crippen LogP contribution < -0.4 is 5.32 Å². The van der Waals surface area contributed by atoms with Gasteiger partial charge in [-0.15, -0.1) is 11.3 Å². The number of anilines is 1. The molecule has 0 aliphatic heterocycles. The number of aromatic nitrogens is 3. The van der Waals surface area contributed by atoms with Gasteiger partial charge < -0.3 is 15.0 Å². The number of nitrogens with zero attached hydrogens (tertiary/aromatic N) is 2. The van der Waals surface area contributed by atoms with Crippen molar-refractivity contribution in [2.75, 3.05) is 25.6 Å². The predicted molar refractivity (Wildman–Crippen MR) is 77.6 cm³/mol. The third-order valence-electron chi connectivity index (χ3n) is 2.80. The lowest BCUT2D eigenvalue weighted by Gasteiger charge is -2.07. The largest absolute Gasteiger partial charge is 0.383 e.